The Balaban J connectivity index is 2.86. The van der Waals surface area contributed by atoms with Gasteiger partial charge in [0.15, 0.2) is 0 Å². The van der Waals surface area contributed by atoms with Crippen LogP contribution in [-0.4, -0.2) is 15.9 Å². The third kappa shape index (κ3) is 3.29. The summed E-state index contributed by atoms with van der Waals surface area (Å²) in [4.78, 5) is 16.8. The first-order valence-corrected chi connectivity index (χ1v) is 6.89. The molecule has 0 radical (unpaired) electrons. The summed E-state index contributed by atoms with van der Waals surface area (Å²) in [6.07, 6.45) is 4.65. The summed E-state index contributed by atoms with van der Waals surface area (Å²) in [7, 11) is 0. The third-order valence-corrected chi connectivity index (χ3v) is 4.04. The number of amides is 1. The highest BCUT2D eigenvalue weighted by Crippen LogP contribution is 2.28. The molecular formula is C14H21N3OS. The van der Waals surface area contributed by atoms with E-state index >= 15 is 0 Å². The number of pyridine rings is 1. The van der Waals surface area contributed by atoms with Crippen LogP contribution in [0.4, 0.5) is 0 Å². The minimum atomic E-state index is -0.758. The van der Waals surface area contributed by atoms with Gasteiger partial charge in [-0.3, -0.25) is 9.78 Å². The number of rotatable bonds is 6. The molecule has 1 aromatic heterocycles. The molecule has 0 aliphatic heterocycles. The van der Waals surface area contributed by atoms with Gasteiger partial charge in [-0.25, -0.2) is 0 Å². The zero-order valence-electron chi connectivity index (χ0n) is 11.6. The summed E-state index contributed by atoms with van der Waals surface area (Å²) in [5.41, 5.74) is 5.97. The van der Waals surface area contributed by atoms with Crippen molar-refractivity contribution in [1.82, 2.24) is 10.3 Å². The minimum Gasteiger partial charge on any atom is -0.392 e. The molecule has 104 valence electrons. The standard InChI is InChI=1S/C14H21N3OS/c1-4-14(5-2,12(15)19)13(18)17-10(3)11-7-6-8-16-9-11/h6-10H,4-5H2,1-3H3,(H2,15,19)(H,17,18). The number of carbonyl (C=O) groups excluding carboxylic acids is 1. The van der Waals surface area contributed by atoms with Crippen LogP contribution in [-0.2, 0) is 4.79 Å². The molecule has 0 saturated carbocycles. The van der Waals surface area contributed by atoms with Crippen molar-refractivity contribution >= 4 is 23.1 Å². The van der Waals surface area contributed by atoms with E-state index in [9.17, 15) is 4.79 Å². The van der Waals surface area contributed by atoms with Crippen LogP contribution < -0.4 is 11.1 Å². The van der Waals surface area contributed by atoms with Gasteiger partial charge in [0, 0.05) is 12.4 Å². The Morgan fingerprint density at radius 2 is 2.16 bits per heavy atom. The lowest BCUT2D eigenvalue weighted by atomic mass is 9.81. The van der Waals surface area contributed by atoms with Crippen molar-refractivity contribution < 1.29 is 4.79 Å². The molecule has 1 aromatic rings. The Morgan fingerprint density at radius 3 is 2.58 bits per heavy atom. The van der Waals surface area contributed by atoms with Crippen LogP contribution >= 0.6 is 12.2 Å². The second kappa shape index (κ2) is 6.61. The SMILES string of the molecule is CCC(CC)(C(=O)NC(C)c1cccnc1)C(N)=S. The molecule has 0 saturated heterocycles. The number of hydrogen-bond donors (Lipinski definition) is 2. The van der Waals surface area contributed by atoms with Crippen LogP contribution in [0.2, 0.25) is 0 Å². The fraction of sp³-hybridized carbons (Fsp3) is 0.500. The quantitative estimate of drug-likeness (QED) is 0.784. The summed E-state index contributed by atoms with van der Waals surface area (Å²) in [5, 5.41) is 2.97. The summed E-state index contributed by atoms with van der Waals surface area (Å²) in [6, 6.07) is 3.66. The lowest BCUT2D eigenvalue weighted by molar-refractivity contribution is -0.128. The first-order valence-electron chi connectivity index (χ1n) is 6.48. The predicted octanol–water partition coefficient (Wildman–Crippen LogP) is 2.35. The van der Waals surface area contributed by atoms with Crippen LogP contribution in [0.25, 0.3) is 0 Å². The zero-order chi connectivity index (χ0) is 14.5. The number of nitrogens with zero attached hydrogens (tertiary/aromatic N) is 1. The average molecular weight is 279 g/mol. The normalized spacial score (nSPS) is 12.8. The van der Waals surface area contributed by atoms with E-state index in [0.717, 1.165) is 5.56 Å². The van der Waals surface area contributed by atoms with Gasteiger partial charge in [-0.1, -0.05) is 32.1 Å². The molecule has 1 heterocycles. The van der Waals surface area contributed by atoms with Crippen molar-refractivity contribution in [2.24, 2.45) is 11.1 Å². The van der Waals surface area contributed by atoms with Crippen LogP contribution in [0.3, 0.4) is 0 Å². The van der Waals surface area contributed by atoms with Gasteiger partial charge in [0.1, 0.15) is 0 Å². The van der Waals surface area contributed by atoms with E-state index in [0.29, 0.717) is 12.8 Å². The fourth-order valence-electron chi connectivity index (χ4n) is 2.08. The lowest BCUT2D eigenvalue weighted by Gasteiger charge is -2.30. The van der Waals surface area contributed by atoms with Crippen molar-refractivity contribution in [3.8, 4) is 0 Å². The molecule has 0 spiro atoms. The molecule has 0 bridgehead atoms. The van der Waals surface area contributed by atoms with E-state index in [1.165, 1.54) is 0 Å². The molecule has 1 amide bonds. The summed E-state index contributed by atoms with van der Waals surface area (Å²) < 4.78 is 0. The van der Waals surface area contributed by atoms with Gasteiger partial charge in [0.05, 0.1) is 16.4 Å². The highest BCUT2D eigenvalue weighted by Gasteiger charge is 2.38. The van der Waals surface area contributed by atoms with Crippen molar-refractivity contribution in [3.05, 3.63) is 30.1 Å². The first kappa shape index (κ1) is 15.6. The molecule has 4 nitrogen and oxygen atoms in total. The molecule has 0 fully saturated rings. The van der Waals surface area contributed by atoms with Crippen molar-refractivity contribution in [1.29, 1.82) is 0 Å². The van der Waals surface area contributed by atoms with Gasteiger partial charge in [0.25, 0.3) is 0 Å². The van der Waals surface area contributed by atoms with Gasteiger partial charge >= 0.3 is 0 Å². The molecule has 1 atom stereocenters. The number of hydrogen-bond acceptors (Lipinski definition) is 3. The van der Waals surface area contributed by atoms with E-state index in [1.807, 2.05) is 32.9 Å². The van der Waals surface area contributed by atoms with Crippen LogP contribution in [0.1, 0.15) is 45.2 Å². The van der Waals surface area contributed by atoms with Gasteiger partial charge in [0.2, 0.25) is 5.91 Å². The zero-order valence-corrected chi connectivity index (χ0v) is 12.5. The van der Waals surface area contributed by atoms with Crippen molar-refractivity contribution in [2.45, 2.75) is 39.7 Å². The van der Waals surface area contributed by atoms with Crippen LogP contribution in [0, 0.1) is 5.41 Å². The number of thiocarbonyl (C=S) groups is 1. The summed E-state index contributed by atoms with van der Waals surface area (Å²) >= 11 is 5.08. The monoisotopic (exact) mass is 279 g/mol. The molecule has 1 unspecified atom stereocenters. The van der Waals surface area contributed by atoms with Crippen LogP contribution in [0.5, 0.6) is 0 Å². The lowest BCUT2D eigenvalue weighted by Crippen LogP contribution is -2.48. The number of nitrogens with two attached hydrogens (primary N) is 1. The molecule has 0 aliphatic carbocycles. The number of nitrogens with one attached hydrogen (secondary N) is 1. The van der Waals surface area contributed by atoms with Gasteiger partial charge in [-0.05, 0) is 31.4 Å². The summed E-state index contributed by atoms with van der Waals surface area (Å²) in [5.74, 6) is -0.110. The largest absolute Gasteiger partial charge is 0.392 e. The number of aromatic nitrogens is 1. The Morgan fingerprint density at radius 1 is 1.53 bits per heavy atom. The molecule has 3 N–H and O–H groups in total. The molecule has 5 heteroatoms. The molecule has 19 heavy (non-hydrogen) atoms. The molecule has 1 rings (SSSR count). The maximum atomic E-state index is 12.5. The van der Waals surface area contributed by atoms with Crippen LogP contribution in [0.15, 0.2) is 24.5 Å². The Hall–Kier alpha value is -1.49. The highest BCUT2D eigenvalue weighted by molar-refractivity contribution is 7.80. The average Bonchev–Trinajstić information content (AvgIpc) is 2.41. The maximum Gasteiger partial charge on any atom is 0.233 e. The highest BCUT2D eigenvalue weighted by atomic mass is 32.1. The third-order valence-electron chi connectivity index (χ3n) is 3.65. The van der Waals surface area contributed by atoms with Gasteiger partial charge in [-0.2, -0.15) is 0 Å². The minimum absolute atomic E-state index is 0.110. The van der Waals surface area contributed by atoms with E-state index in [-0.39, 0.29) is 16.9 Å². The van der Waals surface area contributed by atoms with E-state index < -0.39 is 5.41 Å². The summed E-state index contributed by atoms with van der Waals surface area (Å²) in [6.45, 7) is 5.78. The van der Waals surface area contributed by atoms with E-state index in [1.54, 1.807) is 12.4 Å². The second-order valence-corrected chi connectivity index (χ2v) is 5.07. The van der Waals surface area contributed by atoms with E-state index in [2.05, 4.69) is 10.3 Å². The Bertz CT molecular complexity index is 443. The number of carbonyl (C=O) groups is 1. The van der Waals surface area contributed by atoms with Crippen molar-refractivity contribution in [2.75, 3.05) is 0 Å². The smallest absolute Gasteiger partial charge is 0.233 e. The van der Waals surface area contributed by atoms with Gasteiger partial charge < -0.3 is 11.1 Å². The van der Waals surface area contributed by atoms with Crippen molar-refractivity contribution in [3.63, 3.8) is 0 Å². The first-order chi connectivity index (χ1) is 8.97. The van der Waals surface area contributed by atoms with Gasteiger partial charge in [-0.15, -0.1) is 0 Å². The topological polar surface area (TPSA) is 68.0 Å². The van der Waals surface area contributed by atoms with E-state index in [4.69, 9.17) is 18.0 Å². The Labute approximate surface area is 119 Å². The molecular weight excluding hydrogens is 258 g/mol. The maximum absolute atomic E-state index is 12.5. The Kier molecular flexibility index (Phi) is 5.42. The molecule has 0 aliphatic rings. The predicted molar refractivity (Wildman–Crippen MR) is 80.6 cm³/mol. The second-order valence-electron chi connectivity index (χ2n) is 4.63. The molecule has 0 aromatic carbocycles. The fourth-order valence-corrected chi connectivity index (χ4v) is 2.46.